The van der Waals surface area contributed by atoms with E-state index in [9.17, 15) is 19.5 Å². The number of fused-ring (bicyclic) bond motifs is 1. The highest BCUT2D eigenvalue weighted by Gasteiger charge is 2.27. The Morgan fingerprint density at radius 3 is 2.83 bits per heavy atom. The molecule has 0 saturated carbocycles. The number of carboxylic acids is 1. The number of nitrogens with zero attached hydrogens (tertiary/aromatic N) is 1. The standard InChI is InChI=1S/C16H20N2O5/c1-10-4-5-12(19)14(16(23)17-9-13(20)21)15(22)11-3-2-7-18(11)8-6-10/h2-3,7,10,19H,4-6,8-9H2,1H3,(H,17,23)(H,20,21)/b14-12-/t10-/m1/s1. The van der Waals surface area contributed by atoms with Crippen LogP contribution in [0.3, 0.4) is 0 Å². The molecule has 0 spiro atoms. The van der Waals surface area contributed by atoms with Gasteiger partial charge >= 0.3 is 5.97 Å². The lowest BCUT2D eigenvalue weighted by atomic mass is 9.96. The van der Waals surface area contributed by atoms with E-state index in [1.165, 1.54) is 0 Å². The van der Waals surface area contributed by atoms with Crippen molar-refractivity contribution in [2.24, 2.45) is 5.92 Å². The van der Waals surface area contributed by atoms with Gasteiger partial charge in [-0.25, -0.2) is 0 Å². The van der Waals surface area contributed by atoms with Crippen molar-refractivity contribution < 1.29 is 24.6 Å². The second-order valence-electron chi connectivity index (χ2n) is 5.75. The topological polar surface area (TPSA) is 109 Å². The fourth-order valence-electron chi connectivity index (χ4n) is 2.56. The Labute approximate surface area is 133 Å². The molecule has 7 nitrogen and oxygen atoms in total. The van der Waals surface area contributed by atoms with Crippen LogP contribution in [0.25, 0.3) is 0 Å². The Balaban J connectivity index is 2.39. The number of hydrogen-bond donors (Lipinski definition) is 3. The first kappa shape index (κ1) is 16.8. The molecule has 0 unspecified atom stereocenters. The molecule has 2 rings (SSSR count). The lowest BCUT2D eigenvalue weighted by Gasteiger charge is -2.18. The SMILES string of the molecule is C[C@@H]1CC/C(O)=C(/C(=O)NCC(=O)O)C(=O)c2cccn2CC1. The van der Waals surface area contributed by atoms with E-state index < -0.39 is 24.2 Å². The van der Waals surface area contributed by atoms with Crippen LogP contribution >= 0.6 is 0 Å². The van der Waals surface area contributed by atoms with Crippen LogP contribution < -0.4 is 5.32 Å². The van der Waals surface area contributed by atoms with Crippen LogP contribution in [0.2, 0.25) is 0 Å². The summed E-state index contributed by atoms with van der Waals surface area (Å²) in [5.41, 5.74) is -0.0635. The monoisotopic (exact) mass is 320 g/mol. The van der Waals surface area contributed by atoms with Gasteiger partial charge < -0.3 is 20.1 Å². The highest BCUT2D eigenvalue weighted by Crippen LogP contribution is 2.22. The number of aliphatic hydroxyl groups excluding tert-OH is 1. The zero-order valence-corrected chi connectivity index (χ0v) is 12.9. The molecule has 0 saturated heterocycles. The van der Waals surface area contributed by atoms with Gasteiger partial charge in [-0.3, -0.25) is 14.4 Å². The minimum absolute atomic E-state index is 0.212. The van der Waals surface area contributed by atoms with E-state index in [2.05, 4.69) is 5.32 Å². The first-order valence-corrected chi connectivity index (χ1v) is 7.52. The maximum absolute atomic E-state index is 12.6. The van der Waals surface area contributed by atoms with Gasteiger partial charge in [0.25, 0.3) is 5.91 Å². The van der Waals surface area contributed by atoms with Gasteiger partial charge in [0.2, 0.25) is 5.78 Å². The Morgan fingerprint density at radius 1 is 1.39 bits per heavy atom. The maximum Gasteiger partial charge on any atom is 0.322 e. The number of rotatable bonds is 3. The van der Waals surface area contributed by atoms with E-state index in [1.54, 1.807) is 22.9 Å². The number of carbonyl (C=O) groups excluding carboxylic acids is 2. The van der Waals surface area contributed by atoms with Gasteiger partial charge in [0.15, 0.2) is 0 Å². The molecule has 1 aliphatic rings. The molecule has 23 heavy (non-hydrogen) atoms. The molecule has 1 aromatic heterocycles. The largest absolute Gasteiger partial charge is 0.511 e. The third kappa shape index (κ3) is 4.00. The third-order valence-corrected chi connectivity index (χ3v) is 3.94. The van der Waals surface area contributed by atoms with E-state index >= 15 is 0 Å². The molecular weight excluding hydrogens is 300 g/mol. The normalized spacial score (nSPS) is 22.3. The zero-order chi connectivity index (χ0) is 17.0. The summed E-state index contributed by atoms with van der Waals surface area (Å²) in [4.78, 5) is 35.4. The number of carbonyl (C=O) groups is 3. The number of ketones is 1. The number of hydrogen-bond acceptors (Lipinski definition) is 4. The number of nitrogens with one attached hydrogen (secondary N) is 1. The van der Waals surface area contributed by atoms with Crippen LogP contribution in [0.1, 0.15) is 36.7 Å². The van der Waals surface area contributed by atoms with Gasteiger partial charge in [-0.1, -0.05) is 6.92 Å². The van der Waals surface area contributed by atoms with Crippen molar-refractivity contribution in [3.05, 3.63) is 35.4 Å². The Morgan fingerprint density at radius 2 is 2.13 bits per heavy atom. The molecule has 2 heterocycles. The minimum Gasteiger partial charge on any atom is -0.511 e. The lowest BCUT2D eigenvalue weighted by molar-refractivity contribution is -0.137. The predicted molar refractivity (Wildman–Crippen MR) is 82.1 cm³/mol. The molecule has 0 aromatic carbocycles. The fourth-order valence-corrected chi connectivity index (χ4v) is 2.56. The molecule has 0 radical (unpaired) electrons. The summed E-state index contributed by atoms with van der Waals surface area (Å²) in [7, 11) is 0. The predicted octanol–water partition coefficient (Wildman–Crippen LogP) is 1.50. The number of carboxylic acid groups (broad SMARTS) is 1. The highest BCUT2D eigenvalue weighted by molar-refractivity contribution is 6.25. The van der Waals surface area contributed by atoms with Gasteiger partial charge in [-0.2, -0.15) is 0 Å². The van der Waals surface area contributed by atoms with Crippen molar-refractivity contribution in [2.45, 2.75) is 32.7 Å². The van der Waals surface area contributed by atoms with Crippen molar-refractivity contribution in [3.8, 4) is 0 Å². The van der Waals surface area contributed by atoms with Gasteiger partial charge in [-0.15, -0.1) is 0 Å². The summed E-state index contributed by atoms with van der Waals surface area (Å²) >= 11 is 0. The number of aliphatic carboxylic acids is 1. The van der Waals surface area contributed by atoms with Gasteiger partial charge in [-0.05, 0) is 30.9 Å². The van der Waals surface area contributed by atoms with E-state index in [0.29, 0.717) is 24.6 Å². The summed E-state index contributed by atoms with van der Waals surface area (Å²) < 4.78 is 1.75. The van der Waals surface area contributed by atoms with Crippen molar-refractivity contribution in [2.75, 3.05) is 6.54 Å². The second kappa shape index (κ2) is 7.13. The lowest BCUT2D eigenvalue weighted by Crippen LogP contribution is -2.34. The number of aromatic nitrogens is 1. The highest BCUT2D eigenvalue weighted by atomic mass is 16.4. The first-order valence-electron chi connectivity index (χ1n) is 7.52. The van der Waals surface area contributed by atoms with Crippen molar-refractivity contribution in [3.63, 3.8) is 0 Å². The average Bonchev–Trinajstić information content (AvgIpc) is 2.96. The van der Waals surface area contributed by atoms with Crippen LogP contribution in [0.4, 0.5) is 0 Å². The van der Waals surface area contributed by atoms with Crippen molar-refractivity contribution >= 4 is 17.7 Å². The van der Waals surface area contributed by atoms with Crippen LogP contribution in [0, 0.1) is 5.92 Å². The molecule has 124 valence electrons. The van der Waals surface area contributed by atoms with Gasteiger partial charge in [0, 0.05) is 19.2 Å². The van der Waals surface area contributed by atoms with Crippen molar-refractivity contribution in [1.82, 2.24) is 9.88 Å². The zero-order valence-electron chi connectivity index (χ0n) is 12.9. The Bertz CT molecular complexity index is 659. The maximum atomic E-state index is 12.6. The van der Waals surface area contributed by atoms with Crippen LogP contribution in [0.15, 0.2) is 29.7 Å². The fraction of sp³-hybridized carbons (Fsp3) is 0.438. The first-order chi connectivity index (χ1) is 10.9. The van der Waals surface area contributed by atoms with E-state index in [4.69, 9.17) is 5.11 Å². The molecule has 1 aromatic rings. The van der Waals surface area contributed by atoms with Crippen LogP contribution in [0.5, 0.6) is 0 Å². The minimum atomic E-state index is -1.22. The molecule has 7 heteroatoms. The molecule has 0 aliphatic carbocycles. The van der Waals surface area contributed by atoms with Crippen LogP contribution in [-0.2, 0) is 16.1 Å². The molecule has 1 atom stereocenters. The quantitative estimate of drug-likeness (QED) is 0.731. The number of aryl methyl sites for hydroxylation is 1. The van der Waals surface area contributed by atoms with Gasteiger partial charge in [0.1, 0.15) is 17.9 Å². The van der Waals surface area contributed by atoms with E-state index in [1.807, 2.05) is 6.92 Å². The van der Waals surface area contributed by atoms with E-state index in [0.717, 1.165) is 6.42 Å². The number of aliphatic hydroxyl groups is 1. The van der Waals surface area contributed by atoms with Gasteiger partial charge in [0.05, 0.1) is 5.69 Å². The molecular formula is C16H20N2O5. The number of allylic oxidation sites excluding steroid dienone is 1. The molecule has 1 aliphatic heterocycles. The second-order valence-corrected chi connectivity index (χ2v) is 5.75. The smallest absolute Gasteiger partial charge is 0.322 e. The average molecular weight is 320 g/mol. The summed E-state index contributed by atoms with van der Waals surface area (Å²) in [5, 5.41) is 21.0. The number of Topliss-reactive ketones (excluding diaryl/α,β-unsaturated/α-hetero) is 1. The molecule has 0 fully saturated rings. The summed E-state index contributed by atoms with van der Waals surface area (Å²) in [6.07, 6.45) is 3.48. The van der Waals surface area contributed by atoms with Crippen LogP contribution in [-0.4, -0.2) is 39.0 Å². The third-order valence-electron chi connectivity index (χ3n) is 3.94. The Kier molecular flexibility index (Phi) is 5.20. The molecule has 3 N–H and O–H groups in total. The van der Waals surface area contributed by atoms with Crippen molar-refractivity contribution in [1.29, 1.82) is 0 Å². The molecule has 1 amide bonds. The Hall–Kier alpha value is -2.57. The molecule has 0 bridgehead atoms. The van der Waals surface area contributed by atoms with E-state index in [-0.39, 0.29) is 17.8 Å². The summed E-state index contributed by atoms with van der Waals surface area (Å²) in [5.74, 6) is -2.65. The summed E-state index contributed by atoms with van der Waals surface area (Å²) in [6, 6.07) is 3.30. The summed E-state index contributed by atoms with van der Waals surface area (Å²) in [6.45, 7) is 2.09. The number of amides is 1.